The largest absolute Gasteiger partial charge is 0.452 e. The minimum atomic E-state index is -0.552. The highest BCUT2D eigenvalue weighted by Crippen LogP contribution is 2.14. The van der Waals surface area contributed by atoms with Gasteiger partial charge in [-0.05, 0) is 24.6 Å². The van der Waals surface area contributed by atoms with Gasteiger partial charge in [-0.2, -0.15) is 0 Å². The van der Waals surface area contributed by atoms with Gasteiger partial charge in [0.2, 0.25) is 0 Å². The van der Waals surface area contributed by atoms with E-state index in [1.807, 2.05) is 18.4 Å². The Bertz CT molecular complexity index is 669. The number of ether oxygens (including phenoxy) is 2. The molecule has 0 radical (unpaired) electrons. The average molecular weight is 320 g/mol. The number of amides is 1. The van der Waals surface area contributed by atoms with Gasteiger partial charge in [0.25, 0.3) is 5.91 Å². The molecule has 0 aliphatic carbocycles. The monoisotopic (exact) mass is 320 g/mol. The highest BCUT2D eigenvalue weighted by molar-refractivity contribution is 7.13. The summed E-state index contributed by atoms with van der Waals surface area (Å²) in [7, 11) is 1.58. The van der Waals surface area contributed by atoms with Crippen molar-refractivity contribution in [1.29, 1.82) is 0 Å². The fraction of sp³-hybridized carbons (Fsp3) is 0.267. The molecule has 7 heteroatoms. The molecule has 0 aliphatic heterocycles. The van der Waals surface area contributed by atoms with Gasteiger partial charge in [0.15, 0.2) is 11.7 Å². The summed E-state index contributed by atoms with van der Waals surface area (Å²) in [4.78, 5) is 27.7. The smallest absolute Gasteiger partial charge is 0.338 e. The second-order valence-electron chi connectivity index (χ2n) is 4.55. The normalized spacial score (nSPS) is 10.3. The van der Waals surface area contributed by atoms with Crippen molar-refractivity contribution in [3.8, 4) is 0 Å². The highest BCUT2D eigenvalue weighted by atomic mass is 32.1. The summed E-state index contributed by atoms with van der Waals surface area (Å²) in [5.74, 6) is -0.973. The molecule has 0 atom stereocenters. The molecule has 0 unspecified atom stereocenters. The van der Waals surface area contributed by atoms with Crippen LogP contribution in [0.2, 0.25) is 0 Å². The molecule has 0 saturated carbocycles. The van der Waals surface area contributed by atoms with E-state index in [0.29, 0.717) is 17.3 Å². The number of thiazole rings is 1. The van der Waals surface area contributed by atoms with Gasteiger partial charge in [-0.25, -0.2) is 9.78 Å². The molecule has 2 rings (SSSR count). The number of anilines is 1. The van der Waals surface area contributed by atoms with Gasteiger partial charge < -0.3 is 9.47 Å². The Balaban J connectivity index is 1.86. The Morgan fingerprint density at radius 3 is 2.86 bits per heavy atom. The summed E-state index contributed by atoms with van der Waals surface area (Å²) in [6, 6.07) is 6.89. The molecule has 22 heavy (non-hydrogen) atoms. The Morgan fingerprint density at radius 2 is 2.18 bits per heavy atom. The van der Waals surface area contributed by atoms with Crippen molar-refractivity contribution in [3.05, 3.63) is 46.5 Å². The summed E-state index contributed by atoms with van der Waals surface area (Å²) in [5.41, 5.74) is 2.07. The molecule has 1 heterocycles. The van der Waals surface area contributed by atoms with Crippen LogP contribution in [-0.4, -0.2) is 30.6 Å². The van der Waals surface area contributed by atoms with Gasteiger partial charge in [0, 0.05) is 12.5 Å². The number of rotatable bonds is 6. The van der Waals surface area contributed by atoms with Crippen LogP contribution < -0.4 is 5.32 Å². The van der Waals surface area contributed by atoms with Crippen LogP contribution in [0.3, 0.4) is 0 Å². The SMILES string of the molecule is COCc1cccc(C(=O)OCC(=O)Nc2nc(C)cs2)c1. The lowest BCUT2D eigenvalue weighted by atomic mass is 10.1. The third kappa shape index (κ3) is 4.64. The zero-order valence-electron chi connectivity index (χ0n) is 12.3. The first-order valence-electron chi connectivity index (χ1n) is 6.55. The molecule has 0 fully saturated rings. The van der Waals surface area contributed by atoms with Crippen LogP contribution in [0, 0.1) is 6.92 Å². The molecule has 1 aromatic heterocycles. The number of carbonyl (C=O) groups excluding carboxylic acids is 2. The first kappa shape index (κ1) is 16.1. The van der Waals surface area contributed by atoms with E-state index in [2.05, 4.69) is 10.3 Å². The van der Waals surface area contributed by atoms with Gasteiger partial charge in [-0.1, -0.05) is 12.1 Å². The fourth-order valence-electron chi connectivity index (χ4n) is 1.74. The van der Waals surface area contributed by atoms with Crippen LogP contribution in [0.25, 0.3) is 0 Å². The second kappa shape index (κ2) is 7.67. The number of benzene rings is 1. The molecular weight excluding hydrogens is 304 g/mol. The van der Waals surface area contributed by atoms with Crippen molar-refractivity contribution in [2.75, 3.05) is 19.0 Å². The Kier molecular flexibility index (Phi) is 5.62. The minimum absolute atomic E-state index is 0.355. The number of aryl methyl sites for hydroxylation is 1. The number of carbonyl (C=O) groups is 2. The predicted octanol–water partition coefficient (Wildman–Crippen LogP) is 2.39. The quantitative estimate of drug-likeness (QED) is 0.827. The molecule has 0 bridgehead atoms. The lowest BCUT2D eigenvalue weighted by molar-refractivity contribution is -0.119. The van der Waals surface area contributed by atoms with E-state index in [9.17, 15) is 9.59 Å². The van der Waals surface area contributed by atoms with Crippen LogP contribution in [0.15, 0.2) is 29.6 Å². The Hall–Kier alpha value is -2.25. The number of nitrogens with zero attached hydrogens (tertiary/aromatic N) is 1. The maximum Gasteiger partial charge on any atom is 0.338 e. The van der Waals surface area contributed by atoms with Crippen molar-refractivity contribution >= 4 is 28.3 Å². The molecule has 116 valence electrons. The van der Waals surface area contributed by atoms with E-state index in [-0.39, 0.29) is 6.61 Å². The van der Waals surface area contributed by atoms with Crippen molar-refractivity contribution in [2.24, 2.45) is 0 Å². The van der Waals surface area contributed by atoms with E-state index >= 15 is 0 Å². The summed E-state index contributed by atoms with van der Waals surface area (Å²) < 4.78 is 9.99. The highest BCUT2D eigenvalue weighted by Gasteiger charge is 2.12. The van der Waals surface area contributed by atoms with Gasteiger partial charge in [-0.3, -0.25) is 10.1 Å². The van der Waals surface area contributed by atoms with Gasteiger partial charge >= 0.3 is 5.97 Å². The Labute approximate surface area is 132 Å². The topological polar surface area (TPSA) is 77.5 Å². The van der Waals surface area contributed by atoms with Crippen molar-refractivity contribution in [3.63, 3.8) is 0 Å². The zero-order valence-corrected chi connectivity index (χ0v) is 13.1. The van der Waals surface area contributed by atoms with Gasteiger partial charge in [-0.15, -0.1) is 11.3 Å². The van der Waals surface area contributed by atoms with Crippen molar-refractivity contribution in [1.82, 2.24) is 4.98 Å². The number of hydrogen-bond donors (Lipinski definition) is 1. The summed E-state index contributed by atoms with van der Waals surface area (Å²) in [5, 5.41) is 4.88. The van der Waals surface area contributed by atoms with E-state index in [1.54, 1.807) is 25.3 Å². The predicted molar refractivity (Wildman–Crippen MR) is 82.9 cm³/mol. The van der Waals surface area contributed by atoms with Crippen molar-refractivity contribution < 1.29 is 19.1 Å². The van der Waals surface area contributed by atoms with Crippen LogP contribution >= 0.6 is 11.3 Å². The molecule has 2 aromatic rings. The van der Waals surface area contributed by atoms with Crippen LogP contribution in [0.4, 0.5) is 5.13 Å². The van der Waals surface area contributed by atoms with E-state index in [0.717, 1.165) is 11.3 Å². The summed E-state index contributed by atoms with van der Waals surface area (Å²) in [6.45, 7) is 1.89. The van der Waals surface area contributed by atoms with Gasteiger partial charge in [0.05, 0.1) is 17.9 Å². The molecule has 0 spiro atoms. The van der Waals surface area contributed by atoms with E-state index < -0.39 is 11.9 Å². The third-order valence-corrected chi connectivity index (χ3v) is 3.55. The maximum absolute atomic E-state index is 11.9. The zero-order chi connectivity index (χ0) is 15.9. The van der Waals surface area contributed by atoms with Gasteiger partial charge in [0.1, 0.15) is 0 Å². The second-order valence-corrected chi connectivity index (χ2v) is 5.41. The molecule has 0 aliphatic rings. The lowest BCUT2D eigenvalue weighted by Gasteiger charge is -2.06. The minimum Gasteiger partial charge on any atom is -0.452 e. The van der Waals surface area contributed by atoms with E-state index in [1.165, 1.54) is 11.3 Å². The number of esters is 1. The number of hydrogen-bond acceptors (Lipinski definition) is 6. The average Bonchev–Trinajstić information content (AvgIpc) is 2.90. The molecule has 1 amide bonds. The fourth-order valence-corrected chi connectivity index (χ4v) is 2.44. The van der Waals surface area contributed by atoms with Crippen LogP contribution in [-0.2, 0) is 20.9 Å². The number of nitrogens with one attached hydrogen (secondary N) is 1. The molecule has 1 N–H and O–H groups in total. The van der Waals surface area contributed by atoms with Crippen LogP contribution in [0.5, 0.6) is 0 Å². The molecule has 6 nitrogen and oxygen atoms in total. The van der Waals surface area contributed by atoms with E-state index in [4.69, 9.17) is 9.47 Å². The number of aromatic nitrogens is 1. The molecule has 0 saturated heterocycles. The van der Waals surface area contributed by atoms with Crippen molar-refractivity contribution in [2.45, 2.75) is 13.5 Å². The maximum atomic E-state index is 11.9. The molecule has 1 aromatic carbocycles. The summed E-state index contributed by atoms with van der Waals surface area (Å²) in [6.07, 6.45) is 0. The molecular formula is C15H16N2O4S. The first-order valence-corrected chi connectivity index (χ1v) is 7.43. The standard InChI is InChI=1S/C15H16N2O4S/c1-10-9-22-15(16-10)17-13(18)8-21-14(19)12-5-3-4-11(6-12)7-20-2/h3-6,9H,7-8H2,1-2H3,(H,16,17,18). The number of methoxy groups -OCH3 is 1. The lowest BCUT2D eigenvalue weighted by Crippen LogP contribution is -2.20. The third-order valence-electron chi connectivity index (χ3n) is 2.67. The Morgan fingerprint density at radius 1 is 1.36 bits per heavy atom. The first-order chi connectivity index (χ1) is 10.6. The van der Waals surface area contributed by atoms with Crippen LogP contribution in [0.1, 0.15) is 21.6 Å². The summed E-state index contributed by atoms with van der Waals surface area (Å²) >= 11 is 1.32.